The highest BCUT2D eigenvalue weighted by Crippen LogP contribution is 2.03. The predicted octanol–water partition coefficient (Wildman–Crippen LogP) is 0.234. The quantitative estimate of drug-likeness (QED) is 0.650. The fraction of sp³-hybridized carbons (Fsp3) is 0.778. The molecule has 0 unspecified atom stereocenters. The second-order valence-corrected chi connectivity index (χ2v) is 5.43. The Labute approximate surface area is 85.8 Å². The molecule has 0 saturated carbocycles. The van der Waals surface area contributed by atoms with E-state index in [0.717, 1.165) is 25.9 Å². The van der Waals surface area contributed by atoms with E-state index in [-0.39, 0.29) is 11.8 Å². The van der Waals surface area contributed by atoms with Gasteiger partial charge in [0.1, 0.15) is 0 Å². The van der Waals surface area contributed by atoms with Crippen LogP contribution in [0.2, 0.25) is 0 Å². The van der Waals surface area contributed by atoms with E-state index >= 15 is 0 Å². The summed E-state index contributed by atoms with van der Waals surface area (Å²) in [6, 6.07) is 0.0681. The molecule has 0 bridgehead atoms. The lowest BCUT2D eigenvalue weighted by Crippen LogP contribution is -2.46. The Bertz CT molecular complexity index is 269. The average Bonchev–Trinajstić information content (AvgIpc) is 2.16. The van der Waals surface area contributed by atoms with Crippen LogP contribution in [0.1, 0.15) is 19.3 Å². The SMILES string of the molecule is C=CCCS(=O)(=O)N[C@@H]1CCCNC1. The minimum Gasteiger partial charge on any atom is -0.315 e. The number of hydrogen-bond acceptors (Lipinski definition) is 3. The summed E-state index contributed by atoms with van der Waals surface area (Å²) in [6.07, 6.45) is 4.10. The Hall–Kier alpha value is -0.390. The molecule has 1 rings (SSSR count). The Balaban J connectivity index is 2.36. The van der Waals surface area contributed by atoms with E-state index in [0.29, 0.717) is 6.42 Å². The standard InChI is InChI=1S/C9H18N2O2S/c1-2-3-7-14(12,13)11-9-5-4-6-10-8-9/h2,9-11H,1,3-8H2/t9-/m1/s1. The molecule has 0 aromatic heterocycles. The molecule has 1 saturated heterocycles. The molecule has 1 aliphatic rings. The van der Waals surface area contributed by atoms with Gasteiger partial charge in [-0.3, -0.25) is 0 Å². The molecule has 1 fully saturated rings. The van der Waals surface area contributed by atoms with Gasteiger partial charge in [-0.25, -0.2) is 13.1 Å². The zero-order chi connectivity index (χ0) is 10.4. The third-order valence-corrected chi connectivity index (χ3v) is 3.70. The van der Waals surface area contributed by atoms with E-state index in [1.165, 1.54) is 0 Å². The minimum atomic E-state index is -3.10. The van der Waals surface area contributed by atoms with Gasteiger partial charge in [0.25, 0.3) is 0 Å². The molecule has 4 nitrogen and oxygen atoms in total. The van der Waals surface area contributed by atoms with Crippen LogP contribution >= 0.6 is 0 Å². The first-order chi connectivity index (χ1) is 6.64. The molecule has 0 spiro atoms. The number of sulfonamides is 1. The molecule has 0 aromatic rings. The van der Waals surface area contributed by atoms with Gasteiger partial charge >= 0.3 is 0 Å². The molecule has 0 radical (unpaired) electrons. The van der Waals surface area contributed by atoms with Crippen LogP contribution < -0.4 is 10.0 Å². The van der Waals surface area contributed by atoms with Crippen LogP contribution in [0.15, 0.2) is 12.7 Å². The van der Waals surface area contributed by atoms with Crippen molar-refractivity contribution in [1.29, 1.82) is 0 Å². The number of allylic oxidation sites excluding steroid dienone is 1. The van der Waals surface area contributed by atoms with Gasteiger partial charge in [-0.05, 0) is 25.8 Å². The molecule has 82 valence electrons. The maximum Gasteiger partial charge on any atom is 0.212 e. The van der Waals surface area contributed by atoms with Crippen molar-refractivity contribution in [3.05, 3.63) is 12.7 Å². The Morgan fingerprint density at radius 2 is 2.36 bits per heavy atom. The first kappa shape index (κ1) is 11.7. The monoisotopic (exact) mass is 218 g/mol. The second kappa shape index (κ2) is 5.48. The topological polar surface area (TPSA) is 58.2 Å². The summed E-state index contributed by atoms with van der Waals surface area (Å²) in [5.41, 5.74) is 0. The van der Waals surface area contributed by atoms with Crippen LogP contribution in [0.25, 0.3) is 0 Å². The lowest BCUT2D eigenvalue weighted by atomic mass is 10.1. The van der Waals surface area contributed by atoms with E-state index in [1.807, 2.05) is 0 Å². The normalized spacial score (nSPS) is 23.3. The third-order valence-electron chi connectivity index (χ3n) is 2.23. The summed E-state index contributed by atoms with van der Waals surface area (Å²) in [5.74, 6) is 0.146. The molecule has 1 aliphatic heterocycles. The molecule has 14 heavy (non-hydrogen) atoms. The second-order valence-electron chi connectivity index (χ2n) is 3.56. The molecule has 2 N–H and O–H groups in total. The first-order valence-corrected chi connectivity index (χ1v) is 6.61. The van der Waals surface area contributed by atoms with Crippen molar-refractivity contribution in [2.24, 2.45) is 0 Å². The van der Waals surface area contributed by atoms with Crippen LogP contribution in [0.4, 0.5) is 0 Å². The third kappa shape index (κ3) is 4.21. The van der Waals surface area contributed by atoms with Gasteiger partial charge in [0, 0.05) is 12.6 Å². The van der Waals surface area contributed by atoms with Gasteiger partial charge < -0.3 is 5.32 Å². The minimum absolute atomic E-state index is 0.0681. The van der Waals surface area contributed by atoms with Crippen molar-refractivity contribution in [3.8, 4) is 0 Å². The number of nitrogens with one attached hydrogen (secondary N) is 2. The van der Waals surface area contributed by atoms with Crippen molar-refractivity contribution in [1.82, 2.24) is 10.0 Å². The van der Waals surface area contributed by atoms with Gasteiger partial charge in [0.15, 0.2) is 0 Å². The van der Waals surface area contributed by atoms with Crippen molar-refractivity contribution >= 4 is 10.0 Å². The molecule has 5 heteroatoms. The fourth-order valence-corrected chi connectivity index (χ4v) is 2.81. The predicted molar refractivity (Wildman–Crippen MR) is 57.6 cm³/mol. The van der Waals surface area contributed by atoms with Gasteiger partial charge in [-0.15, -0.1) is 6.58 Å². The average molecular weight is 218 g/mol. The van der Waals surface area contributed by atoms with Gasteiger partial charge in [-0.1, -0.05) is 6.08 Å². The van der Waals surface area contributed by atoms with Crippen LogP contribution in [0.5, 0.6) is 0 Å². The zero-order valence-corrected chi connectivity index (χ0v) is 9.15. The molecular formula is C9H18N2O2S. The summed E-state index contributed by atoms with van der Waals surface area (Å²) in [4.78, 5) is 0. The van der Waals surface area contributed by atoms with Crippen LogP contribution in [-0.2, 0) is 10.0 Å². The first-order valence-electron chi connectivity index (χ1n) is 4.95. The summed E-state index contributed by atoms with van der Waals surface area (Å²) < 4.78 is 25.6. The number of rotatable bonds is 5. The maximum absolute atomic E-state index is 11.5. The van der Waals surface area contributed by atoms with Crippen molar-refractivity contribution in [3.63, 3.8) is 0 Å². The highest BCUT2D eigenvalue weighted by atomic mass is 32.2. The lowest BCUT2D eigenvalue weighted by molar-refractivity contribution is 0.428. The number of piperidine rings is 1. The molecule has 1 heterocycles. The largest absolute Gasteiger partial charge is 0.315 e. The van der Waals surface area contributed by atoms with E-state index < -0.39 is 10.0 Å². The smallest absolute Gasteiger partial charge is 0.212 e. The van der Waals surface area contributed by atoms with Gasteiger partial charge in [0.05, 0.1) is 5.75 Å². The van der Waals surface area contributed by atoms with E-state index in [4.69, 9.17) is 0 Å². The van der Waals surface area contributed by atoms with Crippen molar-refractivity contribution in [2.75, 3.05) is 18.8 Å². The number of hydrogen-bond donors (Lipinski definition) is 2. The maximum atomic E-state index is 11.5. The van der Waals surface area contributed by atoms with E-state index in [1.54, 1.807) is 6.08 Å². The molecule has 0 aromatic carbocycles. The molecular weight excluding hydrogens is 200 g/mol. The summed E-state index contributed by atoms with van der Waals surface area (Å²) in [5, 5.41) is 3.17. The summed E-state index contributed by atoms with van der Waals surface area (Å²) in [7, 11) is -3.10. The van der Waals surface area contributed by atoms with E-state index in [9.17, 15) is 8.42 Å². The fourth-order valence-electron chi connectivity index (χ4n) is 1.50. The van der Waals surface area contributed by atoms with Gasteiger partial charge in [0.2, 0.25) is 10.0 Å². The molecule has 1 atom stereocenters. The Kier molecular flexibility index (Phi) is 4.57. The van der Waals surface area contributed by atoms with Crippen LogP contribution in [0, 0.1) is 0 Å². The van der Waals surface area contributed by atoms with E-state index in [2.05, 4.69) is 16.6 Å². The van der Waals surface area contributed by atoms with Crippen molar-refractivity contribution in [2.45, 2.75) is 25.3 Å². The van der Waals surface area contributed by atoms with Gasteiger partial charge in [-0.2, -0.15) is 0 Å². The summed E-state index contributed by atoms with van der Waals surface area (Å²) in [6.45, 7) is 5.24. The Morgan fingerprint density at radius 1 is 1.57 bits per heavy atom. The van der Waals surface area contributed by atoms with Crippen LogP contribution in [0.3, 0.4) is 0 Å². The van der Waals surface area contributed by atoms with Crippen molar-refractivity contribution < 1.29 is 8.42 Å². The van der Waals surface area contributed by atoms with Crippen LogP contribution in [-0.4, -0.2) is 33.3 Å². The lowest BCUT2D eigenvalue weighted by Gasteiger charge is -2.23. The molecule has 0 aliphatic carbocycles. The Morgan fingerprint density at radius 3 is 2.93 bits per heavy atom. The zero-order valence-electron chi connectivity index (χ0n) is 8.33. The highest BCUT2D eigenvalue weighted by Gasteiger charge is 2.18. The highest BCUT2D eigenvalue weighted by molar-refractivity contribution is 7.89. The summed E-state index contributed by atoms with van der Waals surface area (Å²) >= 11 is 0. The molecule has 0 amide bonds.